The lowest BCUT2D eigenvalue weighted by atomic mass is 9.77. The van der Waals surface area contributed by atoms with E-state index in [1.54, 1.807) is 0 Å². The van der Waals surface area contributed by atoms with E-state index < -0.39 is 0 Å². The average molecular weight is 285 g/mol. The second-order valence-electron chi connectivity index (χ2n) is 6.63. The molecule has 3 unspecified atom stereocenters. The fraction of sp³-hybridized carbons (Fsp3) is 0.588. The van der Waals surface area contributed by atoms with E-state index in [-0.39, 0.29) is 5.92 Å². The molecule has 1 aromatic carbocycles. The molecule has 1 aliphatic carbocycles. The van der Waals surface area contributed by atoms with E-state index >= 15 is 0 Å². The molecule has 0 aromatic heterocycles. The maximum atomic E-state index is 13.0. The molecule has 1 aromatic rings. The Labute approximate surface area is 125 Å². The van der Waals surface area contributed by atoms with Gasteiger partial charge in [0.1, 0.15) is 0 Å². The van der Waals surface area contributed by atoms with E-state index in [0.717, 1.165) is 32.5 Å². The molecule has 0 radical (unpaired) electrons. The van der Waals surface area contributed by atoms with Crippen molar-refractivity contribution in [3.8, 4) is 0 Å². The fourth-order valence-electron chi connectivity index (χ4n) is 4.24. The third-order valence-electron chi connectivity index (χ3n) is 5.42. The Morgan fingerprint density at radius 3 is 2.95 bits per heavy atom. The number of nitrogens with one attached hydrogen (secondary N) is 2. The molecule has 3 aliphatic rings. The zero-order valence-corrected chi connectivity index (χ0v) is 12.3. The minimum Gasteiger partial charge on any atom is -0.338 e. The molecule has 3 atom stereocenters. The molecule has 0 bridgehead atoms. The van der Waals surface area contributed by atoms with E-state index in [4.69, 9.17) is 0 Å². The lowest BCUT2D eigenvalue weighted by molar-refractivity contribution is -0.138. The molecule has 1 amide bonds. The number of hydrazine groups is 1. The molecule has 21 heavy (non-hydrogen) atoms. The van der Waals surface area contributed by atoms with Crippen LogP contribution < -0.4 is 10.9 Å². The van der Waals surface area contributed by atoms with Gasteiger partial charge < -0.3 is 4.90 Å². The van der Waals surface area contributed by atoms with Crippen molar-refractivity contribution in [2.75, 3.05) is 13.1 Å². The Hall–Kier alpha value is -1.39. The van der Waals surface area contributed by atoms with E-state index in [2.05, 4.69) is 40.0 Å². The van der Waals surface area contributed by atoms with Gasteiger partial charge in [-0.25, -0.2) is 0 Å². The number of hydrogen-bond donors (Lipinski definition) is 2. The van der Waals surface area contributed by atoms with Gasteiger partial charge >= 0.3 is 0 Å². The fourth-order valence-corrected chi connectivity index (χ4v) is 4.24. The standard InChI is InChI=1S/C17H23N3O/c21-17(15-7-3-6-13-10-18-19-16(13)15)20-9-8-12-4-1-2-5-14(12)11-20/h1-2,4-5,13,15-16,18-19H,3,6-11H2. The maximum Gasteiger partial charge on any atom is 0.227 e. The van der Waals surface area contributed by atoms with Crippen LogP contribution in [0.2, 0.25) is 0 Å². The molecular weight excluding hydrogens is 262 g/mol. The SMILES string of the molecule is O=C(C1CCCC2CNNC21)N1CCc2ccccc2C1. The van der Waals surface area contributed by atoms with Gasteiger partial charge in [-0.15, -0.1) is 0 Å². The molecule has 4 heteroatoms. The first kappa shape index (κ1) is 13.3. The van der Waals surface area contributed by atoms with Crippen LogP contribution in [0.25, 0.3) is 0 Å². The Kier molecular flexibility index (Phi) is 3.43. The summed E-state index contributed by atoms with van der Waals surface area (Å²) in [6.45, 7) is 2.67. The van der Waals surface area contributed by atoms with E-state index in [0.29, 0.717) is 17.9 Å². The summed E-state index contributed by atoms with van der Waals surface area (Å²) in [4.78, 5) is 15.0. The van der Waals surface area contributed by atoms with Crippen molar-refractivity contribution in [2.45, 2.75) is 38.3 Å². The zero-order valence-electron chi connectivity index (χ0n) is 12.3. The molecule has 2 fully saturated rings. The van der Waals surface area contributed by atoms with Crippen LogP contribution in [0.5, 0.6) is 0 Å². The van der Waals surface area contributed by atoms with Gasteiger partial charge in [0.2, 0.25) is 5.91 Å². The monoisotopic (exact) mass is 285 g/mol. The van der Waals surface area contributed by atoms with Crippen molar-refractivity contribution in [3.05, 3.63) is 35.4 Å². The van der Waals surface area contributed by atoms with Crippen LogP contribution in [0.3, 0.4) is 0 Å². The summed E-state index contributed by atoms with van der Waals surface area (Å²) >= 11 is 0. The van der Waals surface area contributed by atoms with Crippen LogP contribution in [-0.2, 0) is 17.8 Å². The van der Waals surface area contributed by atoms with Crippen LogP contribution in [0.15, 0.2) is 24.3 Å². The first-order chi connectivity index (χ1) is 10.3. The predicted molar refractivity (Wildman–Crippen MR) is 81.3 cm³/mol. The average Bonchev–Trinajstić information content (AvgIpc) is 3.02. The third-order valence-corrected chi connectivity index (χ3v) is 5.42. The van der Waals surface area contributed by atoms with Crippen molar-refractivity contribution in [2.24, 2.45) is 11.8 Å². The Bertz CT molecular complexity index is 545. The van der Waals surface area contributed by atoms with Crippen molar-refractivity contribution >= 4 is 5.91 Å². The first-order valence-corrected chi connectivity index (χ1v) is 8.17. The molecule has 0 spiro atoms. The summed E-state index contributed by atoms with van der Waals surface area (Å²) in [5, 5.41) is 0. The van der Waals surface area contributed by atoms with E-state index in [1.807, 2.05) is 0 Å². The zero-order chi connectivity index (χ0) is 14.2. The van der Waals surface area contributed by atoms with Gasteiger partial charge in [0, 0.05) is 25.7 Å². The van der Waals surface area contributed by atoms with E-state index in [1.165, 1.54) is 24.0 Å². The Balaban J connectivity index is 1.50. The summed E-state index contributed by atoms with van der Waals surface area (Å²) in [5.41, 5.74) is 9.32. The Morgan fingerprint density at radius 2 is 2.05 bits per heavy atom. The number of hydrogen-bond acceptors (Lipinski definition) is 3. The topological polar surface area (TPSA) is 44.4 Å². The van der Waals surface area contributed by atoms with E-state index in [9.17, 15) is 4.79 Å². The van der Waals surface area contributed by atoms with Crippen molar-refractivity contribution < 1.29 is 4.79 Å². The molecule has 2 N–H and O–H groups in total. The van der Waals surface area contributed by atoms with Crippen LogP contribution in [-0.4, -0.2) is 29.9 Å². The van der Waals surface area contributed by atoms with Gasteiger partial charge in [-0.2, -0.15) is 0 Å². The summed E-state index contributed by atoms with van der Waals surface area (Å²) in [6, 6.07) is 8.86. The highest BCUT2D eigenvalue weighted by molar-refractivity contribution is 5.80. The normalized spacial score (nSPS) is 31.6. The lowest BCUT2D eigenvalue weighted by Gasteiger charge is -2.37. The van der Waals surface area contributed by atoms with Gasteiger partial charge in [-0.05, 0) is 36.3 Å². The largest absolute Gasteiger partial charge is 0.338 e. The highest BCUT2D eigenvalue weighted by atomic mass is 16.2. The minimum absolute atomic E-state index is 0.156. The maximum absolute atomic E-state index is 13.0. The summed E-state index contributed by atoms with van der Waals surface area (Å²) < 4.78 is 0. The minimum atomic E-state index is 0.156. The quantitative estimate of drug-likeness (QED) is 0.821. The second-order valence-corrected chi connectivity index (χ2v) is 6.63. The van der Waals surface area contributed by atoms with Gasteiger partial charge in [-0.1, -0.05) is 30.7 Å². The number of amides is 1. The molecule has 1 saturated heterocycles. The first-order valence-electron chi connectivity index (χ1n) is 8.17. The molecule has 1 saturated carbocycles. The highest BCUT2D eigenvalue weighted by Gasteiger charge is 2.41. The number of benzene rings is 1. The highest BCUT2D eigenvalue weighted by Crippen LogP contribution is 2.33. The molecule has 112 valence electrons. The third kappa shape index (κ3) is 2.36. The predicted octanol–water partition coefficient (Wildman–Crippen LogP) is 1.46. The van der Waals surface area contributed by atoms with Crippen molar-refractivity contribution in [1.29, 1.82) is 0 Å². The smallest absolute Gasteiger partial charge is 0.227 e. The number of rotatable bonds is 1. The van der Waals surface area contributed by atoms with Gasteiger partial charge in [-0.3, -0.25) is 15.6 Å². The summed E-state index contributed by atoms with van der Waals surface area (Å²) in [6.07, 6.45) is 4.46. The number of carbonyl (C=O) groups excluding carboxylic acids is 1. The number of nitrogens with zero attached hydrogens (tertiary/aromatic N) is 1. The summed E-state index contributed by atoms with van der Waals surface area (Å²) in [5.74, 6) is 1.14. The Morgan fingerprint density at radius 1 is 1.19 bits per heavy atom. The van der Waals surface area contributed by atoms with Crippen LogP contribution >= 0.6 is 0 Å². The van der Waals surface area contributed by atoms with Crippen molar-refractivity contribution in [1.82, 2.24) is 15.8 Å². The number of fused-ring (bicyclic) bond motifs is 2. The number of carbonyl (C=O) groups is 1. The molecule has 2 aliphatic heterocycles. The lowest BCUT2D eigenvalue weighted by Crippen LogP contribution is -2.50. The molecule has 2 heterocycles. The molecule has 4 rings (SSSR count). The van der Waals surface area contributed by atoms with Gasteiger partial charge in [0.25, 0.3) is 0 Å². The van der Waals surface area contributed by atoms with Gasteiger partial charge in [0.05, 0.1) is 5.92 Å². The second kappa shape index (κ2) is 5.43. The van der Waals surface area contributed by atoms with Gasteiger partial charge in [0.15, 0.2) is 0 Å². The molecular formula is C17H23N3O. The molecule has 4 nitrogen and oxygen atoms in total. The van der Waals surface area contributed by atoms with Crippen molar-refractivity contribution in [3.63, 3.8) is 0 Å². The summed E-state index contributed by atoms with van der Waals surface area (Å²) in [7, 11) is 0. The van der Waals surface area contributed by atoms with Crippen LogP contribution in [0.1, 0.15) is 30.4 Å². The van der Waals surface area contributed by atoms with Crippen LogP contribution in [0.4, 0.5) is 0 Å². The van der Waals surface area contributed by atoms with Crippen LogP contribution in [0, 0.1) is 11.8 Å².